The van der Waals surface area contributed by atoms with E-state index in [1.807, 2.05) is 0 Å². The molecular formula is C12H8BrNO4. The predicted molar refractivity (Wildman–Crippen MR) is 68.6 cm³/mol. The van der Waals surface area contributed by atoms with Crippen LogP contribution in [0.15, 0.2) is 33.2 Å². The third kappa shape index (κ3) is 2.19. The highest BCUT2D eigenvalue weighted by Gasteiger charge is 2.17. The molecule has 0 radical (unpaired) electrons. The molecule has 5 nitrogen and oxygen atoms in total. The fourth-order valence-electron chi connectivity index (χ4n) is 1.61. The molecule has 0 spiro atoms. The summed E-state index contributed by atoms with van der Waals surface area (Å²) in [7, 11) is 0. The van der Waals surface area contributed by atoms with Gasteiger partial charge in [-0.15, -0.1) is 0 Å². The van der Waals surface area contributed by atoms with Crippen LogP contribution in [0.1, 0.15) is 16.1 Å². The second kappa shape index (κ2) is 4.73. The molecule has 2 aromatic rings. The molecule has 0 N–H and O–H groups in total. The molecule has 0 aliphatic carbocycles. The first-order valence-electron chi connectivity index (χ1n) is 5.03. The number of furan rings is 1. The molecule has 0 aliphatic heterocycles. The van der Waals surface area contributed by atoms with Gasteiger partial charge in [0.15, 0.2) is 12.0 Å². The molecule has 0 unspecified atom stereocenters. The first-order valence-corrected chi connectivity index (χ1v) is 5.82. The van der Waals surface area contributed by atoms with E-state index in [2.05, 4.69) is 15.9 Å². The van der Waals surface area contributed by atoms with Crippen LogP contribution < -0.4 is 0 Å². The van der Waals surface area contributed by atoms with Crippen molar-refractivity contribution in [2.75, 3.05) is 0 Å². The topological polar surface area (TPSA) is 73.3 Å². The zero-order chi connectivity index (χ0) is 13.3. The minimum absolute atomic E-state index is 0.0113. The van der Waals surface area contributed by atoms with Gasteiger partial charge in [-0.2, -0.15) is 0 Å². The highest BCUT2D eigenvalue weighted by atomic mass is 79.9. The Hall–Kier alpha value is -1.95. The molecule has 1 aromatic heterocycles. The van der Waals surface area contributed by atoms with Gasteiger partial charge in [0.25, 0.3) is 5.69 Å². The third-order valence-corrected chi connectivity index (χ3v) is 3.15. The van der Waals surface area contributed by atoms with Gasteiger partial charge in [0, 0.05) is 21.7 Å². The first-order chi connectivity index (χ1) is 8.52. The van der Waals surface area contributed by atoms with Crippen molar-refractivity contribution in [1.29, 1.82) is 0 Å². The second-order valence-electron chi connectivity index (χ2n) is 3.70. The van der Waals surface area contributed by atoms with Gasteiger partial charge < -0.3 is 4.42 Å². The van der Waals surface area contributed by atoms with E-state index in [-0.39, 0.29) is 11.4 Å². The van der Waals surface area contributed by atoms with Crippen molar-refractivity contribution in [3.63, 3.8) is 0 Å². The molecular weight excluding hydrogens is 302 g/mol. The number of aldehydes is 1. The summed E-state index contributed by atoms with van der Waals surface area (Å²) in [6, 6.07) is 6.19. The van der Waals surface area contributed by atoms with Gasteiger partial charge in [-0.3, -0.25) is 14.9 Å². The Morgan fingerprint density at radius 1 is 1.39 bits per heavy atom. The summed E-state index contributed by atoms with van der Waals surface area (Å²) >= 11 is 3.33. The molecule has 0 bridgehead atoms. The molecule has 6 heteroatoms. The minimum atomic E-state index is -0.450. The number of hydrogen-bond donors (Lipinski definition) is 0. The number of nitrogens with zero attached hydrogens (tertiary/aromatic N) is 1. The number of rotatable bonds is 3. The lowest BCUT2D eigenvalue weighted by atomic mass is 10.1. The van der Waals surface area contributed by atoms with Gasteiger partial charge in [-0.1, -0.05) is 15.9 Å². The van der Waals surface area contributed by atoms with E-state index in [4.69, 9.17) is 4.42 Å². The fourth-order valence-corrected chi connectivity index (χ4v) is 2.26. The number of nitro benzene ring substituents is 1. The lowest BCUT2D eigenvalue weighted by molar-refractivity contribution is -0.385. The molecule has 18 heavy (non-hydrogen) atoms. The van der Waals surface area contributed by atoms with Crippen molar-refractivity contribution in [3.05, 3.63) is 50.2 Å². The Labute approximate surface area is 111 Å². The largest absolute Gasteiger partial charge is 0.453 e. The van der Waals surface area contributed by atoms with Gasteiger partial charge in [0.1, 0.15) is 5.76 Å². The Kier molecular flexibility index (Phi) is 3.29. The first kappa shape index (κ1) is 12.5. The highest BCUT2D eigenvalue weighted by molar-refractivity contribution is 9.10. The standard InChI is InChI=1S/C12H8BrNO4/c1-7-4-10(13)9(5-11(7)14(16)17)12-3-2-8(6-15)18-12/h2-6H,1H3. The zero-order valence-corrected chi connectivity index (χ0v) is 10.9. The highest BCUT2D eigenvalue weighted by Crippen LogP contribution is 2.34. The lowest BCUT2D eigenvalue weighted by Crippen LogP contribution is -1.93. The number of halogens is 1. The maximum atomic E-state index is 10.9. The van der Waals surface area contributed by atoms with E-state index < -0.39 is 4.92 Å². The molecule has 0 atom stereocenters. The molecule has 92 valence electrons. The van der Waals surface area contributed by atoms with Gasteiger partial charge in [-0.05, 0) is 25.1 Å². The van der Waals surface area contributed by atoms with Crippen molar-refractivity contribution < 1.29 is 14.1 Å². The number of benzene rings is 1. The van der Waals surface area contributed by atoms with Crippen LogP contribution >= 0.6 is 15.9 Å². The monoisotopic (exact) mass is 309 g/mol. The van der Waals surface area contributed by atoms with Crippen LogP contribution in [-0.2, 0) is 0 Å². The lowest BCUT2D eigenvalue weighted by Gasteiger charge is -2.03. The van der Waals surface area contributed by atoms with Crippen molar-refractivity contribution in [2.45, 2.75) is 6.92 Å². The Morgan fingerprint density at radius 3 is 2.67 bits per heavy atom. The maximum absolute atomic E-state index is 10.9. The Balaban J connectivity index is 2.59. The average Bonchev–Trinajstić information content (AvgIpc) is 2.77. The summed E-state index contributed by atoms with van der Waals surface area (Å²) in [6.07, 6.45) is 0.583. The van der Waals surface area contributed by atoms with Gasteiger partial charge >= 0.3 is 0 Å². The van der Waals surface area contributed by atoms with E-state index >= 15 is 0 Å². The quantitative estimate of drug-likeness (QED) is 0.492. The van der Waals surface area contributed by atoms with Crippen molar-refractivity contribution in [1.82, 2.24) is 0 Å². The number of nitro groups is 1. The minimum Gasteiger partial charge on any atom is -0.453 e. The average molecular weight is 310 g/mol. The van der Waals surface area contributed by atoms with Gasteiger partial charge in [0.05, 0.1) is 4.92 Å². The molecule has 1 heterocycles. The normalized spacial score (nSPS) is 10.3. The van der Waals surface area contributed by atoms with Crippen LogP contribution in [0.25, 0.3) is 11.3 Å². The molecule has 1 aromatic carbocycles. The molecule has 0 aliphatic rings. The fraction of sp³-hybridized carbons (Fsp3) is 0.0833. The zero-order valence-electron chi connectivity index (χ0n) is 9.34. The molecule has 2 rings (SSSR count). The van der Waals surface area contributed by atoms with Crippen molar-refractivity contribution in [2.24, 2.45) is 0 Å². The third-order valence-electron chi connectivity index (χ3n) is 2.49. The predicted octanol–water partition coefficient (Wildman–Crippen LogP) is 3.74. The van der Waals surface area contributed by atoms with E-state index in [9.17, 15) is 14.9 Å². The van der Waals surface area contributed by atoms with Crippen LogP contribution in [0, 0.1) is 17.0 Å². The van der Waals surface area contributed by atoms with E-state index in [1.165, 1.54) is 12.1 Å². The van der Waals surface area contributed by atoms with Crippen LogP contribution in [-0.4, -0.2) is 11.2 Å². The van der Waals surface area contributed by atoms with Gasteiger partial charge in [0.2, 0.25) is 0 Å². The van der Waals surface area contributed by atoms with E-state index in [0.29, 0.717) is 27.6 Å². The number of carbonyl (C=O) groups excluding carboxylic acids is 1. The summed E-state index contributed by atoms with van der Waals surface area (Å²) in [5.41, 5.74) is 1.11. The Bertz CT molecular complexity index is 633. The summed E-state index contributed by atoms with van der Waals surface area (Å²) in [5, 5.41) is 10.9. The maximum Gasteiger partial charge on any atom is 0.273 e. The van der Waals surface area contributed by atoms with E-state index in [1.54, 1.807) is 19.1 Å². The van der Waals surface area contributed by atoms with Crippen molar-refractivity contribution in [3.8, 4) is 11.3 Å². The number of hydrogen-bond acceptors (Lipinski definition) is 4. The summed E-state index contributed by atoms with van der Waals surface area (Å²) in [4.78, 5) is 21.0. The smallest absolute Gasteiger partial charge is 0.273 e. The van der Waals surface area contributed by atoms with Crippen LogP contribution in [0.4, 0.5) is 5.69 Å². The summed E-state index contributed by atoms with van der Waals surface area (Å²) < 4.78 is 5.93. The Morgan fingerprint density at radius 2 is 2.11 bits per heavy atom. The molecule has 0 saturated heterocycles. The van der Waals surface area contributed by atoms with Crippen LogP contribution in [0.2, 0.25) is 0 Å². The molecule has 0 fully saturated rings. The summed E-state index contributed by atoms with van der Waals surface area (Å²) in [6.45, 7) is 1.66. The molecule has 0 amide bonds. The van der Waals surface area contributed by atoms with E-state index in [0.717, 1.165) is 0 Å². The summed E-state index contributed by atoms with van der Waals surface area (Å²) in [5.74, 6) is 0.590. The second-order valence-corrected chi connectivity index (χ2v) is 4.55. The number of carbonyl (C=O) groups is 1. The number of aryl methyl sites for hydroxylation is 1. The van der Waals surface area contributed by atoms with Crippen molar-refractivity contribution >= 4 is 27.9 Å². The van der Waals surface area contributed by atoms with Gasteiger partial charge in [-0.25, -0.2) is 0 Å². The molecule has 0 saturated carbocycles. The van der Waals surface area contributed by atoms with Crippen LogP contribution in [0.3, 0.4) is 0 Å². The SMILES string of the molecule is Cc1cc(Br)c(-c2ccc(C=O)o2)cc1[N+](=O)[O-]. The van der Waals surface area contributed by atoms with Crippen LogP contribution in [0.5, 0.6) is 0 Å².